The summed E-state index contributed by atoms with van der Waals surface area (Å²) in [5.41, 5.74) is -1.15. The number of rotatable bonds is 6. The Hall–Kier alpha value is -1.59. The van der Waals surface area contributed by atoms with E-state index >= 15 is 0 Å². The largest absolute Gasteiger partial charge is 0.481 e. The number of carboxylic acid groups (broad SMARTS) is 1. The van der Waals surface area contributed by atoms with E-state index in [0.717, 1.165) is 0 Å². The number of hydrogen-bond donors (Lipinski definition) is 2. The maximum atomic E-state index is 11.7. The molecule has 6 heteroatoms. The molecule has 0 radical (unpaired) electrons. The summed E-state index contributed by atoms with van der Waals surface area (Å²) >= 11 is 0. The van der Waals surface area contributed by atoms with Gasteiger partial charge >= 0.3 is 11.9 Å². The normalized spacial score (nSPS) is 15.7. The van der Waals surface area contributed by atoms with E-state index in [4.69, 9.17) is 5.11 Å². The van der Waals surface area contributed by atoms with Crippen LogP contribution in [-0.4, -0.2) is 36.1 Å². The zero-order valence-electron chi connectivity index (χ0n) is 11.4. The lowest BCUT2D eigenvalue weighted by Gasteiger charge is -2.28. The van der Waals surface area contributed by atoms with Crippen LogP contribution in [0.4, 0.5) is 0 Å². The highest BCUT2D eigenvalue weighted by molar-refractivity contribution is 5.88. The van der Waals surface area contributed by atoms with Gasteiger partial charge in [0.15, 0.2) is 0 Å². The van der Waals surface area contributed by atoms with Crippen molar-refractivity contribution in [1.82, 2.24) is 5.32 Å². The van der Waals surface area contributed by atoms with E-state index in [1.54, 1.807) is 13.8 Å². The quantitative estimate of drug-likeness (QED) is 0.688. The van der Waals surface area contributed by atoms with Crippen LogP contribution >= 0.6 is 0 Å². The molecule has 6 nitrogen and oxygen atoms in total. The lowest BCUT2D eigenvalue weighted by Crippen LogP contribution is -2.44. The van der Waals surface area contributed by atoms with Gasteiger partial charge in [-0.2, -0.15) is 0 Å². The van der Waals surface area contributed by atoms with Crippen LogP contribution in [0.15, 0.2) is 0 Å². The predicted molar refractivity (Wildman–Crippen MR) is 64.8 cm³/mol. The lowest BCUT2D eigenvalue weighted by atomic mass is 9.76. The van der Waals surface area contributed by atoms with Crippen molar-refractivity contribution in [3.05, 3.63) is 0 Å². The molecule has 0 aromatic carbocycles. The Balaban J connectivity index is 4.64. The fraction of sp³-hybridized carbons (Fsp3) is 0.750. The predicted octanol–water partition coefficient (Wildman–Crippen LogP) is 0.801. The lowest BCUT2D eigenvalue weighted by molar-refractivity contribution is -0.154. The first kappa shape index (κ1) is 16.4. The van der Waals surface area contributed by atoms with Crippen molar-refractivity contribution in [3.63, 3.8) is 0 Å². The highest BCUT2D eigenvalue weighted by atomic mass is 16.5. The van der Waals surface area contributed by atoms with Gasteiger partial charge < -0.3 is 15.2 Å². The Morgan fingerprint density at radius 2 is 1.78 bits per heavy atom. The molecule has 0 fully saturated rings. The minimum absolute atomic E-state index is 0.179. The molecular formula is C12H21NO5. The molecule has 2 N–H and O–H groups in total. The first-order valence-corrected chi connectivity index (χ1v) is 5.75. The number of ether oxygens (including phenoxy) is 1. The van der Waals surface area contributed by atoms with Gasteiger partial charge in [0.05, 0.1) is 12.5 Å². The van der Waals surface area contributed by atoms with Crippen molar-refractivity contribution in [2.24, 2.45) is 11.3 Å². The molecule has 0 aliphatic carbocycles. The van der Waals surface area contributed by atoms with Gasteiger partial charge in [-0.25, -0.2) is 4.79 Å². The maximum Gasteiger partial charge on any atom is 0.328 e. The van der Waals surface area contributed by atoms with Gasteiger partial charge in [-0.1, -0.05) is 13.8 Å². The molecule has 0 aromatic rings. The van der Waals surface area contributed by atoms with E-state index in [9.17, 15) is 14.4 Å². The third-order valence-corrected chi connectivity index (χ3v) is 3.22. The topological polar surface area (TPSA) is 92.7 Å². The van der Waals surface area contributed by atoms with E-state index < -0.39 is 29.3 Å². The molecule has 0 heterocycles. The van der Waals surface area contributed by atoms with E-state index in [1.165, 1.54) is 21.0 Å². The van der Waals surface area contributed by atoms with Gasteiger partial charge in [-0.05, 0) is 19.8 Å². The minimum atomic E-state index is -1.15. The molecule has 0 aliphatic rings. The first-order chi connectivity index (χ1) is 8.15. The van der Waals surface area contributed by atoms with Gasteiger partial charge in [-0.15, -0.1) is 0 Å². The van der Waals surface area contributed by atoms with E-state index in [-0.39, 0.29) is 12.3 Å². The summed E-state index contributed by atoms with van der Waals surface area (Å²) in [6.07, 6.45) is -0.179. The third kappa shape index (κ3) is 4.01. The van der Waals surface area contributed by atoms with Crippen LogP contribution in [0.1, 0.15) is 34.1 Å². The molecule has 18 heavy (non-hydrogen) atoms. The Morgan fingerprint density at radius 3 is 2.11 bits per heavy atom. The van der Waals surface area contributed by atoms with Gasteiger partial charge in [0, 0.05) is 6.42 Å². The van der Waals surface area contributed by atoms with Crippen LogP contribution in [-0.2, 0) is 19.1 Å². The van der Waals surface area contributed by atoms with E-state index in [1.807, 2.05) is 0 Å². The summed E-state index contributed by atoms with van der Waals surface area (Å²) < 4.78 is 4.47. The number of aliphatic carboxylic acids is 1. The molecule has 104 valence electrons. The summed E-state index contributed by atoms with van der Waals surface area (Å²) in [4.78, 5) is 34.0. The molecule has 0 bridgehead atoms. The molecule has 1 unspecified atom stereocenters. The SMILES string of the molecule is COC(=O)[C@H](C)NC(=O)CC(C)(C(=O)O)C(C)C. The molecule has 0 aromatic heterocycles. The molecule has 1 amide bonds. The number of carbonyl (C=O) groups is 3. The molecule has 0 saturated carbocycles. The monoisotopic (exact) mass is 259 g/mol. The number of carboxylic acids is 1. The third-order valence-electron chi connectivity index (χ3n) is 3.22. The second kappa shape index (κ2) is 6.37. The average Bonchev–Trinajstić information content (AvgIpc) is 2.26. The van der Waals surface area contributed by atoms with Crippen LogP contribution in [0.3, 0.4) is 0 Å². The Labute approximate surface area is 107 Å². The highest BCUT2D eigenvalue weighted by Crippen LogP contribution is 2.31. The van der Waals surface area contributed by atoms with Crippen LogP contribution < -0.4 is 5.32 Å². The van der Waals surface area contributed by atoms with Crippen molar-refractivity contribution in [1.29, 1.82) is 0 Å². The molecule has 2 atom stereocenters. The average molecular weight is 259 g/mol. The molecule has 0 rings (SSSR count). The number of methoxy groups -OCH3 is 1. The smallest absolute Gasteiger partial charge is 0.328 e. The number of esters is 1. The fourth-order valence-electron chi connectivity index (χ4n) is 1.39. The van der Waals surface area contributed by atoms with Crippen LogP contribution in [0.25, 0.3) is 0 Å². The van der Waals surface area contributed by atoms with Crippen molar-refractivity contribution in [2.45, 2.75) is 40.2 Å². The van der Waals surface area contributed by atoms with Crippen molar-refractivity contribution >= 4 is 17.8 Å². The van der Waals surface area contributed by atoms with Gasteiger partial charge in [0.1, 0.15) is 6.04 Å². The molecule has 0 saturated heterocycles. The molecular weight excluding hydrogens is 238 g/mol. The second-order valence-corrected chi connectivity index (χ2v) is 4.87. The number of carbonyl (C=O) groups excluding carboxylic acids is 2. The highest BCUT2D eigenvalue weighted by Gasteiger charge is 2.39. The van der Waals surface area contributed by atoms with E-state index in [0.29, 0.717) is 0 Å². The Bertz CT molecular complexity index is 339. The number of nitrogens with one attached hydrogen (secondary N) is 1. The van der Waals surface area contributed by atoms with Crippen LogP contribution in [0, 0.1) is 11.3 Å². The second-order valence-electron chi connectivity index (χ2n) is 4.87. The zero-order valence-corrected chi connectivity index (χ0v) is 11.4. The fourth-order valence-corrected chi connectivity index (χ4v) is 1.39. The summed E-state index contributed by atoms with van der Waals surface area (Å²) in [6.45, 7) is 6.48. The summed E-state index contributed by atoms with van der Waals surface area (Å²) in [7, 11) is 1.22. The van der Waals surface area contributed by atoms with Crippen molar-refractivity contribution in [2.75, 3.05) is 7.11 Å². The molecule has 0 aliphatic heterocycles. The zero-order chi connectivity index (χ0) is 14.5. The van der Waals surface area contributed by atoms with Crippen molar-refractivity contribution in [3.8, 4) is 0 Å². The van der Waals surface area contributed by atoms with Crippen LogP contribution in [0.5, 0.6) is 0 Å². The summed E-state index contributed by atoms with van der Waals surface area (Å²) in [5, 5.41) is 11.6. The number of hydrogen-bond acceptors (Lipinski definition) is 4. The Morgan fingerprint density at radius 1 is 1.28 bits per heavy atom. The molecule has 0 spiro atoms. The van der Waals surface area contributed by atoms with Gasteiger partial charge in [0.25, 0.3) is 0 Å². The van der Waals surface area contributed by atoms with Crippen LogP contribution in [0.2, 0.25) is 0 Å². The first-order valence-electron chi connectivity index (χ1n) is 5.75. The standard InChI is InChI=1S/C12H21NO5/c1-7(2)12(4,11(16)17)6-9(14)13-8(3)10(15)18-5/h7-8H,6H2,1-5H3,(H,13,14)(H,16,17)/t8-,12?/m0/s1. The van der Waals surface area contributed by atoms with E-state index in [2.05, 4.69) is 10.1 Å². The number of amides is 1. The Kier molecular flexibility index (Phi) is 5.81. The summed E-state index contributed by atoms with van der Waals surface area (Å²) in [6, 6.07) is -0.785. The summed E-state index contributed by atoms with van der Waals surface area (Å²) in [5.74, 6) is -2.27. The van der Waals surface area contributed by atoms with Gasteiger partial charge in [-0.3, -0.25) is 9.59 Å². The minimum Gasteiger partial charge on any atom is -0.481 e. The van der Waals surface area contributed by atoms with Crippen molar-refractivity contribution < 1.29 is 24.2 Å². The van der Waals surface area contributed by atoms with Gasteiger partial charge in [0.2, 0.25) is 5.91 Å². The maximum absolute atomic E-state index is 11.7.